The number of carbonyl (C=O) groups excluding carboxylic acids is 2. The number of rotatable bonds is 5. The van der Waals surface area contributed by atoms with Crippen LogP contribution in [0.1, 0.15) is 56.1 Å². The summed E-state index contributed by atoms with van der Waals surface area (Å²) in [7, 11) is 0. The smallest absolute Gasteiger partial charge is 0.272 e. The molecular formula is C18H20N6O3S. The summed E-state index contributed by atoms with van der Waals surface area (Å²) in [5, 5.41) is 13.8. The lowest BCUT2D eigenvalue weighted by Crippen LogP contribution is -2.37. The van der Waals surface area contributed by atoms with Crippen molar-refractivity contribution in [2.24, 2.45) is 0 Å². The van der Waals surface area contributed by atoms with E-state index in [0.29, 0.717) is 41.7 Å². The maximum atomic E-state index is 12.6. The van der Waals surface area contributed by atoms with Gasteiger partial charge in [0.15, 0.2) is 0 Å². The molecule has 4 heterocycles. The van der Waals surface area contributed by atoms with Gasteiger partial charge >= 0.3 is 0 Å². The van der Waals surface area contributed by atoms with Gasteiger partial charge in [0, 0.05) is 24.7 Å². The van der Waals surface area contributed by atoms with E-state index in [2.05, 4.69) is 25.1 Å². The summed E-state index contributed by atoms with van der Waals surface area (Å²) in [5.41, 5.74) is 1.95. The van der Waals surface area contributed by atoms with Gasteiger partial charge in [-0.15, -0.1) is 5.10 Å². The highest BCUT2D eigenvalue weighted by Gasteiger charge is 2.28. The summed E-state index contributed by atoms with van der Waals surface area (Å²) in [6.45, 7) is 3.42. The van der Waals surface area contributed by atoms with E-state index in [4.69, 9.17) is 4.42 Å². The second kappa shape index (κ2) is 7.93. The van der Waals surface area contributed by atoms with Gasteiger partial charge in [-0.2, -0.15) is 5.10 Å². The quantitative estimate of drug-likeness (QED) is 0.677. The van der Waals surface area contributed by atoms with Gasteiger partial charge in [0.05, 0.1) is 18.5 Å². The maximum Gasteiger partial charge on any atom is 0.272 e. The second-order valence-electron chi connectivity index (χ2n) is 6.72. The molecular weight excluding hydrogens is 380 g/mol. The molecule has 146 valence electrons. The average Bonchev–Trinajstić information content (AvgIpc) is 3.47. The third-order valence-corrected chi connectivity index (χ3v) is 5.72. The van der Waals surface area contributed by atoms with Crippen LogP contribution in [0.5, 0.6) is 0 Å². The van der Waals surface area contributed by atoms with Crippen molar-refractivity contribution in [3.05, 3.63) is 52.2 Å². The van der Waals surface area contributed by atoms with E-state index in [9.17, 15) is 9.59 Å². The molecule has 0 aliphatic carbocycles. The summed E-state index contributed by atoms with van der Waals surface area (Å²) in [5.74, 6) is 0.671. The number of aromatic nitrogens is 4. The first-order chi connectivity index (χ1) is 13.6. The van der Waals surface area contributed by atoms with Crippen molar-refractivity contribution in [3.8, 4) is 0 Å². The minimum absolute atomic E-state index is 0.00597. The number of aryl methyl sites for hydroxylation is 1. The molecule has 28 heavy (non-hydrogen) atoms. The van der Waals surface area contributed by atoms with Crippen molar-refractivity contribution in [1.29, 1.82) is 0 Å². The molecule has 2 amide bonds. The molecule has 10 heteroatoms. The van der Waals surface area contributed by atoms with Gasteiger partial charge in [-0.25, -0.2) is 0 Å². The lowest BCUT2D eigenvalue weighted by atomic mass is 9.93. The first-order valence-electron chi connectivity index (χ1n) is 9.06. The van der Waals surface area contributed by atoms with Gasteiger partial charge in [0.25, 0.3) is 11.8 Å². The summed E-state index contributed by atoms with van der Waals surface area (Å²) < 4.78 is 9.04. The molecule has 1 aliphatic heterocycles. The molecule has 0 aromatic carbocycles. The Hall–Kier alpha value is -3.01. The predicted octanol–water partition coefficient (Wildman–Crippen LogP) is 2.11. The number of H-pyrrole nitrogens is 1. The topological polar surface area (TPSA) is 117 Å². The van der Waals surface area contributed by atoms with Crippen LogP contribution in [0.2, 0.25) is 0 Å². The molecule has 0 radical (unpaired) electrons. The highest BCUT2D eigenvalue weighted by Crippen LogP contribution is 2.28. The zero-order chi connectivity index (χ0) is 19.5. The zero-order valence-electron chi connectivity index (χ0n) is 15.3. The lowest BCUT2D eigenvalue weighted by Gasteiger charge is -2.31. The Balaban J connectivity index is 1.32. The van der Waals surface area contributed by atoms with E-state index < -0.39 is 0 Å². The van der Waals surface area contributed by atoms with E-state index in [1.807, 2.05) is 4.90 Å². The van der Waals surface area contributed by atoms with E-state index in [-0.39, 0.29) is 17.7 Å². The molecule has 0 unspecified atom stereocenters. The Bertz CT molecular complexity index is 956. The van der Waals surface area contributed by atoms with Crippen LogP contribution in [0, 0.1) is 6.92 Å². The van der Waals surface area contributed by atoms with Crippen LogP contribution in [0.25, 0.3) is 0 Å². The van der Waals surface area contributed by atoms with Crippen LogP contribution in [-0.4, -0.2) is 49.6 Å². The van der Waals surface area contributed by atoms with Gasteiger partial charge in [-0.3, -0.25) is 14.7 Å². The number of amides is 2. The van der Waals surface area contributed by atoms with Crippen molar-refractivity contribution >= 4 is 23.3 Å². The zero-order valence-corrected chi connectivity index (χ0v) is 16.2. The molecule has 4 rings (SSSR count). The first-order valence-corrected chi connectivity index (χ1v) is 9.83. The molecule has 3 aromatic heterocycles. The van der Waals surface area contributed by atoms with Crippen LogP contribution in [0.4, 0.5) is 0 Å². The Labute approximate surface area is 165 Å². The number of aromatic amines is 1. The minimum Gasteiger partial charge on any atom is -0.467 e. The molecule has 0 bridgehead atoms. The Kier molecular flexibility index (Phi) is 5.20. The molecule has 1 fully saturated rings. The van der Waals surface area contributed by atoms with Gasteiger partial charge in [-0.1, -0.05) is 4.49 Å². The van der Waals surface area contributed by atoms with E-state index >= 15 is 0 Å². The van der Waals surface area contributed by atoms with E-state index in [1.165, 1.54) is 0 Å². The van der Waals surface area contributed by atoms with Gasteiger partial charge in [0.2, 0.25) is 0 Å². The van der Waals surface area contributed by atoms with Crippen molar-refractivity contribution < 1.29 is 14.0 Å². The molecule has 3 aromatic rings. The molecule has 0 spiro atoms. The number of piperidine rings is 1. The third-order valence-electron chi connectivity index (χ3n) is 4.90. The fourth-order valence-corrected chi connectivity index (χ4v) is 3.92. The van der Waals surface area contributed by atoms with E-state index in [1.54, 1.807) is 31.4 Å². The van der Waals surface area contributed by atoms with Gasteiger partial charge < -0.3 is 14.6 Å². The van der Waals surface area contributed by atoms with Crippen molar-refractivity contribution in [3.63, 3.8) is 0 Å². The third kappa shape index (κ3) is 3.81. The maximum absolute atomic E-state index is 12.6. The van der Waals surface area contributed by atoms with Crippen molar-refractivity contribution in [2.45, 2.75) is 32.2 Å². The summed E-state index contributed by atoms with van der Waals surface area (Å²) in [6, 6.07) is 5.37. The number of hydrogen-bond acceptors (Lipinski definition) is 7. The van der Waals surface area contributed by atoms with Crippen LogP contribution < -0.4 is 5.32 Å². The highest BCUT2D eigenvalue weighted by molar-refractivity contribution is 7.07. The van der Waals surface area contributed by atoms with Crippen LogP contribution in [-0.2, 0) is 6.54 Å². The van der Waals surface area contributed by atoms with Crippen molar-refractivity contribution in [1.82, 2.24) is 30.0 Å². The van der Waals surface area contributed by atoms with E-state index in [0.717, 1.165) is 30.1 Å². The summed E-state index contributed by atoms with van der Waals surface area (Å²) >= 11 is 1.14. The highest BCUT2D eigenvalue weighted by atomic mass is 32.1. The standard InChI is InChI=1S/C18H20N6O3S/c1-11-16(28-23-20-11)18(26)24-6-4-12(5-7-24)14-9-15(22-21-14)17(25)19-10-13-3-2-8-27-13/h2-3,8-9,12H,4-7,10H2,1H3,(H,19,25)(H,21,22). The Morgan fingerprint density at radius 3 is 2.89 bits per heavy atom. The number of furan rings is 1. The van der Waals surface area contributed by atoms with Gasteiger partial charge in [0.1, 0.15) is 16.3 Å². The Morgan fingerprint density at radius 1 is 1.39 bits per heavy atom. The largest absolute Gasteiger partial charge is 0.467 e. The lowest BCUT2D eigenvalue weighted by molar-refractivity contribution is 0.0716. The monoisotopic (exact) mass is 400 g/mol. The predicted molar refractivity (Wildman–Crippen MR) is 101 cm³/mol. The molecule has 0 saturated carbocycles. The Morgan fingerprint density at radius 2 is 2.21 bits per heavy atom. The molecule has 2 N–H and O–H groups in total. The number of carbonyl (C=O) groups is 2. The van der Waals surface area contributed by atoms with Crippen LogP contribution in [0.15, 0.2) is 28.9 Å². The number of nitrogens with one attached hydrogen (secondary N) is 2. The average molecular weight is 400 g/mol. The summed E-state index contributed by atoms with van der Waals surface area (Å²) in [4.78, 5) is 27.3. The molecule has 1 saturated heterocycles. The number of hydrogen-bond donors (Lipinski definition) is 2. The van der Waals surface area contributed by atoms with Crippen LogP contribution >= 0.6 is 11.5 Å². The molecule has 1 aliphatic rings. The minimum atomic E-state index is -0.250. The molecule has 0 atom stereocenters. The van der Waals surface area contributed by atoms with Crippen LogP contribution in [0.3, 0.4) is 0 Å². The number of likely N-dealkylation sites (tertiary alicyclic amines) is 1. The second-order valence-corrected chi connectivity index (χ2v) is 7.48. The first kappa shape index (κ1) is 18.4. The molecule has 9 nitrogen and oxygen atoms in total. The number of nitrogens with zero attached hydrogens (tertiary/aromatic N) is 4. The fraction of sp³-hybridized carbons (Fsp3) is 0.389. The normalized spacial score (nSPS) is 15.0. The van der Waals surface area contributed by atoms with Crippen molar-refractivity contribution in [2.75, 3.05) is 13.1 Å². The SMILES string of the molecule is Cc1nnsc1C(=O)N1CCC(c2cc(C(=O)NCc3ccco3)n[nH]2)CC1. The summed E-state index contributed by atoms with van der Waals surface area (Å²) in [6.07, 6.45) is 3.19. The fourth-order valence-electron chi connectivity index (χ4n) is 3.30. The van der Waals surface area contributed by atoms with Gasteiger partial charge in [-0.05, 0) is 49.5 Å².